The SMILES string of the molecule is CCCC(CC)CN1CCCC1C(=O)OC. The number of likely N-dealkylation sites (tertiary alicyclic amines) is 1. The molecule has 0 spiro atoms. The van der Waals surface area contributed by atoms with Crippen molar-refractivity contribution in [1.82, 2.24) is 4.90 Å². The lowest BCUT2D eigenvalue weighted by molar-refractivity contribution is -0.146. The monoisotopic (exact) mass is 227 g/mol. The normalized spacial score (nSPS) is 23.3. The molecule has 1 aliphatic rings. The maximum Gasteiger partial charge on any atom is 0.323 e. The zero-order valence-electron chi connectivity index (χ0n) is 10.9. The molecule has 0 bridgehead atoms. The topological polar surface area (TPSA) is 29.5 Å². The van der Waals surface area contributed by atoms with Crippen LogP contribution in [0.15, 0.2) is 0 Å². The zero-order chi connectivity index (χ0) is 12.0. The smallest absolute Gasteiger partial charge is 0.323 e. The predicted molar refractivity (Wildman–Crippen MR) is 65.3 cm³/mol. The summed E-state index contributed by atoms with van der Waals surface area (Å²) in [6.45, 7) is 6.58. The van der Waals surface area contributed by atoms with Gasteiger partial charge in [0.25, 0.3) is 0 Å². The second-order valence-electron chi connectivity index (χ2n) is 4.74. The van der Waals surface area contributed by atoms with Crippen molar-refractivity contribution in [3.63, 3.8) is 0 Å². The Morgan fingerprint density at radius 1 is 1.50 bits per heavy atom. The fourth-order valence-corrected chi connectivity index (χ4v) is 2.61. The van der Waals surface area contributed by atoms with Gasteiger partial charge in [0.1, 0.15) is 6.04 Å². The van der Waals surface area contributed by atoms with Gasteiger partial charge in [-0.25, -0.2) is 0 Å². The lowest BCUT2D eigenvalue weighted by Gasteiger charge is -2.26. The molecular formula is C13H25NO2. The van der Waals surface area contributed by atoms with Crippen LogP contribution >= 0.6 is 0 Å². The molecule has 3 nitrogen and oxygen atoms in total. The molecule has 0 radical (unpaired) electrons. The van der Waals surface area contributed by atoms with Gasteiger partial charge in [-0.15, -0.1) is 0 Å². The quantitative estimate of drug-likeness (QED) is 0.653. The molecule has 0 aromatic carbocycles. The van der Waals surface area contributed by atoms with Gasteiger partial charge in [0.05, 0.1) is 7.11 Å². The highest BCUT2D eigenvalue weighted by molar-refractivity contribution is 5.75. The van der Waals surface area contributed by atoms with Gasteiger partial charge in [0, 0.05) is 6.54 Å². The summed E-state index contributed by atoms with van der Waals surface area (Å²) < 4.78 is 4.86. The second-order valence-corrected chi connectivity index (χ2v) is 4.74. The first-order chi connectivity index (χ1) is 7.72. The Hall–Kier alpha value is -0.570. The maximum absolute atomic E-state index is 11.6. The molecular weight excluding hydrogens is 202 g/mol. The molecule has 1 fully saturated rings. The third-order valence-corrected chi connectivity index (χ3v) is 3.60. The summed E-state index contributed by atoms with van der Waals surface area (Å²) in [6.07, 6.45) is 5.80. The molecule has 0 aromatic heterocycles. The van der Waals surface area contributed by atoms with Crippen LogP contribution < -0.4 is 0 Å². The number of ether oxygens (including phenoxy) is 1. The average Bonchev–Trinajstić information content (AvgIpc) is 2.75. The number of carbonyl (C=O) groups excluding carboxylic acids is 1. The lowest BCUT2D eigenvalue weighted by atomic mass is 10.00. The molecule has 0 saturated carbocycles. The van der Waals surface area contributed by atoms with Gasteiger partial charge in [-0.1, -0.05) is 26.7 Å². The van der Waals surface area contributed by atoms with Crippen molar-refractivity contribution in [3.8, 4) is 0 Å². The first-order valence-electron chi connectivity index (χ1n) is 6.54. The Bertz CT molecular complexity index is 218. The third-order valence-electron chi connectivity index (χ3n) is 3.60. The van der Waals surface area contributed by atoms with Crippen molar-refractivity contribution < 1.29 is 9.53 Å². The standard InChI is InChI=1S/C13H25NO2/c1-4-7-11(5-2)10-14-9-6-8-12(14)13(15)16-3/h11-12H,4-10H2,1-3H3. The lowest BCUT2D eigenvalue weighted by Crippen LogP contribution is -2.39. The molecule has 0 aliphatic carbocycles. The van der Waals surface area contributed by atoms with E-state index in [9.17, 15) is 4.79 Å². The molecule has 3 heteroatoms. The van der Waals surface area contributed by atoms with Crippen LogP contribution in [0.2, 0.25) is 0 Å². The number of carbonyl (C=O) groups is 1. The van der Waals surface area contributed by atoms with Crippen LogP contribution in [0.4, 0.5) is 0 Å². The fraction of sp³-hybridized carbons (Fsp3) is 0.923. The molecule has 0 N–H and O–H groups in total. The molecule has 2 unspecified atom stereocenters. The molecule has 2 atom stereocenters. The Morgan fingerprint density at radius 3 is 2.81 bits per heavy atom. The van der Waals surface area contributed by atoms with Gasteiger partial charge < -0.3 is 4.74 Å². The number of methoxy groups -OCH3 is 1. The maximum atomic E-state index is 11.6. The van der Waals surface area contributed by atoms with Crippen LogP contribution in [0.1, 0.15) is 46.0 Å². The van der Waals surface area contributed by atoms with Gasteiger partial charge in [-0.3, -0.25) is 9.69 Å². The number of hydrogen-bond donors (Lipinski definition) is 0. The van der Waals surface area contributed by atoms with E-state index in [1.165, 1.54) is 26.4 Å². The second kappa shape index (κ2) is 6.89. The molecule has 1 heterocycles. The van der Waals surface area contributed by atoms with E-state index in [-0.39, 0.29) is 12.0 Å². The van der Waals surface area contributed by atoms with E-state index in [1.54, 1.807) is 0 Å². The van der Waals surface area contributed by atoms with Gasteiger partial charge in [0.15, 0.2) is 0 Å². The van der Waals surface area contributed by atoms with E-state index in [4.69, 9.17) is 4.74 Å². The summed E-state index contributed by atoms with van der Waals surface area (Å²) in [5.74, 6) is 0.680. The molecule has 1 aliphatic heterocycles. The van der Waals surface area contributed by atoms with Crippen LogP contribution in [0.3, 0.4) is 0 Å². The summed E-state index contributed by atoms with van der Waals surface area (Å²) in [4.78, 5) is 13.9. The zero-order valence-corrected chi connectivity index (χ0v) is 10.9. The van der Waals surface area contributed by atoms with Crippen LogP contribution in [-0.4, -0.2) is 37.1 Å². The number of rotatable bonds is 6. The highest BCUT2D eigenvalue weighted by Gasteiger charge is 2.32. The minimum absolute atomic E-state index is 0.0240. The molecule has 16 heavy (non-hydrogen) atoms. The summed E-state index contributed by atoms with van der Waals surface area (Å²) in [5.41, 5.74) is 0. The van der Waals surface area contributed by atoms with E-state index in [2.05, 4.69) is 18.7 Å². The van der Waals surface area contributed by atoms with Crippen LogP contribution in [-0.2, 0) is 9.53 Å². The number of esters is 1. The van der Waals surface area contributed by atoms with E-state index in [0.717, 1.165) is 31.8 Å². The van der Waals surface area contributed by atoms with E-state index < -0.39 is 0 Å². The first-order valence-corrected chi connectivity index (χ1v) is 6.54. The predicted octanol–water partition coefficient (Wildman–Crippen LogP) is 2.45. The minimum Gasteiger partial charge on any atom is -0.468 e. The third kappa shape index (κ3) is 3.48. The first kappa shape index (κ1) is 13.5. The summed E-state index contributed by atoms with van der Waals surface area (Å²) in [5, 5.41) is 0. The summed E-state index contributed by atoms with van der Waals surface area (Å²) in [6, 6.07) is 0.0240. The highest BCUT2D eigenvalue weighted by atomic mass is 16.5. The van der Waals surface area contributed by atoms with Crippen molar-refractivity contribution in [3.05, 3.63) is 0 Å². The Labute approximate surface area is 99.1 Å². The molecule has 94 valence electrons. The molecule has 1 rings (SSSR count). The summed E-state index contributed by atoms with van der Waals surface area (Å²) >= 11 is 0. The Balaban J connectivity index is 2.47. The van der Waals surface area contributed by atoms with Gasteiger partial charge >= 0.3 is 5.97 Å². The van der Waals surface area contributed by atoms with Crippen molar-refractivity contribution in [1.29, 1.82) is 0 Å². The minimum atomic E-state index is -0.0520. The van der Waals surface area contributed by atoms with Gasteiger partial charge in [0.2, 0.25) is 0 Å². The molecule has 0 aromatic rings. The van der Waals surface area contributed by atoms with Crippen molar-refractivity contribution >= 4 is 5.97 Å². The van der Waals surface area contributed by atoms with Crippen molar-refractivity contribution in [2.75, 3.05) is 20.2 Å². The van der Waals surface area contributed by atoms with E-state index in [0.29, 0.717) is 0 Å². The van der Waals surface area contributed by atoms with E-state index in [1.807, 2.05) is 0 Å². The fourth-order valence-electron chi connectivity index (χ4n) is 2.61. The summed E-state index contributed by atoms with van der Waals surface area (Å²) in [7, 11) is 1.49. The Morgan fingerprint density at radius 2 is 2.25 bits per heavy atom. The molecule has 0 amide bonds. The van der Waals surface area contributed by atoms with Gasteiger partial charge in [-0.2, -0.15) is 0 Å². The van der Waals surface area contributed by atoms with Crippen LogP contribution in [0.25, 0.3) is 0 Å². The number of nitrogens with zero attached hydrogens (tertiary/aromatic N) is 1. The van der Waals surface area contributed by atoms with E-state index >= 15 is 0 Å². The Kier molecular flexibility index (Phi) is 5.81. The van der Waals surface area contributed by atoms with Crippen molar-refractivity contribution in [2.45, 2.75) is 52.0 Å². The highest BCUT2D eigenvalue weighted by Crippen LogP contribution is 2.22. The van der Waals surface area contributed by atoms with Crippen molar-refractivity contribution in [2.24, 2.45) is 5.92 Å². The van der Waals surface area contributed by atoms with Crippen LogP contribution in [0, 0.1) is 5.92 Å². The number of hydrogen-bond acceptors (Lipinski definition) is 3. The average molecular weight is 227 g/mol. The largest absolute Gasteiger partial charge is 0.468 e. The molecule has 1 saturated heterocycles. The van der Waals surface area contributed by atoms with Gasteiger partial charge in [-0.05, 0) is 31.7 Å². The van der Waals surface area contributed by atoms with Crippen LogP contribution in [0.5, 0.6) is 0 Å².